The molecule has 2 aliphatic heterocycles. The first-order valence-corrected chi connectivity index (χ1v) is 6.70. The molecule has 5 heteroatoms. The number of fused-ring (bicyclic) bond motifs is 1. The van der Waals surface area contributed by atoms with E-state index >= 15 is 0 Å². The van der Waals surface area contributed by atoms with Gasteiger partial charge in [0.2, 0.25) is 5.95 Å². The Hall–Kier alpha value is -1.20. The van der Waals surface area contributed by atoms with E-state index in [9.17, 15) is 0 Å². The summed E-state index contributed by atoms with van der Waals surface area (Å²) < 4.78 is 5.58. The molecule has 18 heavy (non-hydrogen) atoms. The predicted octanol–water partition coefficient (Wildman–Crippen LogP) is 1.06. The second kappa shape index (κ2) is 5.20. The lowest BCUT2D eigenvalue weighted by Crippen LogP contribution is -2.28. The zero-order chi connectivity index (χ0) is 12.4. The molecule has 1 unspecified atom stereocenters. The van der Waals surface area contributed by atoms with Crippen molar-refractivity contribution < 1.29 is 4.74 Å². The van der Waals surface area contributed by atoms with E-state index in [2.05, 4.69) is 27.2 Å². The van der Waals surface area contributed by atoms with Gasteiger partial charge in [-0.25, -0.2) is 9.97 Å². The van der Waals surface area contributed by atoms with Crippen LogP contribution in [0.5, 0.6) is 0 Å². The maximum Gasteiger partial charge on any atom is 0.222 e. The lowest BCUT2D eigenvalue weighted by atomic mass is 10.1. The Morgan fingerprint density at radius 3 is 3.33 bits per heavy atom. The quantitative estimate of drug-likeness (QED) is 0.866. The molecular weight excluding hydrogens is 228 g/mol. The maximum absolute atomic E-state index is 5.58. The van der Waals surface area contributed by atoms with Crippen molar-refractivity contribution in [1.82, 2.24) is 14.9 Å². The van der Waals surface area contributed by atoms with Crippen molar-refractivity contribution in [3.63, 3.8) is 0 Å². The minimum Gasteiger partial charge on any atom is -0.376 e. The number of ether oxygens (including phenoxy) is 1. The first kappa shape index (κ1) is 11.9. The summed E-state index contributed by atoms with van der Waals surface area (Å²) in [5.41, 5.74) is 2.45. The molecule has 1 fully saturated rings. The van der Waals surface area contributed by atoms with Crippen molar-refractivity contribution >= 4 is 5.95 Å². The Balaban J connectivity index is 1.63. The van der Waals surface area contributed by atoms with Gasteiger partial charge in [0.25, 0.3) is 0 Å². The van der Waals surface area contributed by atoms with Crippen molar-refractivity contribution in [1.29, 1.82) is 0 Å². The number of rotatable bonds is 3. The smallest absolute Gasteiger partial charge is 0.222 e. The zero-order valence-corrected chi connectivity index (χ0v) is 10.9. The van der Waals surface area contributed by atoms with Crippen LogP contribution in [-0.2, 0) is 17.7 Å². The molecular formula is C13H20N4O. The molecule has 1 N–H and O–H groups in total. The van der Waals surface area contributed by atoms with E-state index in [1.165, 1.54) is 17.7 Å². The van der Waals surface area contributed by atoms with Crippen molar-refractivity contribution in [2.75, 3.05) is 32.1 Å². The largest absolute Gasteiger partial charge is 0.376 e. The van der Waals surface area contributed by atoms with Gasteiger partial charge >= 0.3 is 0 Å². The van der Waals surface area contributed by atoms with Gasteiger partial charge in [0.15, 0.2) is 0 Å². The van der Waals surface area contributed by atoms with Crippen LogP contribution in [0.3, 0.4) is 0 Å². The first-order chi connectivity index (χ1) is 8.81. The molecule has 0 aliphatic carbocycles. The molecule has 0 bridgehead atoms. The highest BCUT2D eigenvalue weighted by molar-refractivity contribution is 5.31. The summed E-state index contributed by atoms with van der Waals surface area (Å²) >= 11 is 0. The predicted molar refractivity (Wildman–Crippen MR) is 69.5 cm³/mol. The van der Waals surface area contributed by atoms with Gasteiger partial charge < -0.3 is 15.0 Å². The SMILES string of the molecule is CN1CCc2nc(NCC3CCCO3)ncc2C1. The summed E-state index contributed by atoms with van der Waals surface area (Å²) in [5, 5.41) is 3.29. The third-order valence-corrected chi connectivity index (χ3v) is 3.64. The van der Waals surface area contributed by atoms with Crippen LogP contribution >= 0.6 is 0 Å². The van der Waals surface area contributed by atoms with Crippen LogP contribution in [0.2, 0.25) is 0 Å². The van der Waals surface area contributed by atoms with Gasteiger partial charge in [0.05, 0.1) is 11.8 Å². The third-order valence-electron chi connectivity index (χ3n) is 3.64. The van der Waals surface area contributed by atoms with Crippen LogP contribution in [0.1, 0.15) is 24.1 Å². The molecule has 3 heterocycles. The topological polar surface area (TPSA) is 50.3 Å². The molecule has 98 valence electrons. The lowest BCUT2D eigenvalue weighted by Gasteiger charge is -2.24. The fraction of sp³-hybridized carbons (Fsp3) is 0.692. The van der Waals surface area contributed by atoms with Crippen LogP contribution < -0.4 is 5.32 Å². The Kier molecular flexibility index (Phi) is 3.43. The van der Waals surface area contributed by atoms with Crippen LogP contribution in [0.4, 0.5) is 5.95 Å². The van der Waals surface area contributed by atoms with Gasteiger partial charge in [-0.05, 0) is 19.9 Å². The molecule has 5 nitrogen and oxygen atoms in total. The summed E-state index contributed by atoms with van der Waals surface area (Å²) in [5.74, 6) is 0.744. The molecule has 0 radical (unpaired) electrons. The van der Waals surface area contributed by atoms with E-state index in [4.69, 9.17) is 4.74 Å². The molecule has 1 aromatic heterocycles. The number of nitrogens with one attached hydrogen (secondary N) is 1. The summed E-state index contributed by atoms with van der Waals surface area (Å²) in [6, 6.07) is 0. The number of likely N-dealkylation sites (N-methyl/N-ethyl adjacent to an activating group) is 1. The van der Waals surface area contributed by atoms with Crippen LogP contribution in [0.25, 0.3) is 0 Å². The van der Waals surface area contributed by atoms with Gasteiger partial charge in [-0.1, -0.05) is 0 Å². The Bertz CT molecular complexity index is 417. The Labute approximate surface area is 108 Å². The maximum atomic E-state index is 5.58. The lowest BCUT2D eigenvalue weighted by molar-refractivity contribution is 0.120. The van der Waals surface area contributed by atoms with Crippen LogP contribution in [-0.4, -0.2) is 47.7 Å². The molecule has 3 rings (SSSR count). The van der Waals surface area contributed by atoms with Gasteiger partial charge in [0, 0.05) is 44.4 Å². The van der Waals surface area contributed by atoms with E-state index in [0.29, 0.717) is 6.10 Å². The van der Waals surface area contributed by atoms with Crippen molar-refractivity contribution in [3.05, 3.63) is 17.5 Å². The molecule has 0 amide bonds. The van der Waals surface area contributed by atoms with Crippen molar-refractivity contribution in [2.45, 2.75) is 31.9 Å². The molecule has 1 saturated heterocycles. The van der Waals surface area contributed by atoms with E-state index in [0.717, 1.165) is 45.0 Å². The van der Waals surface area contributed by atoms with Gasteiger partial charge in [0.1, 0.15) is 0 Å². The normalized spacial score (nSPS) is 23.9. The first-order valence-electron chi connectivity index (χ1n) is 6.70. The molecule has 2 aliphatic rings. The standard InChI is InChI=1S/C13H20N4O/c1-17-5-4-12-10(9-17)7-14-13(16-12)15-8-11-3-2-6-18-11/h7,11H,2-6,8-9H2,1H3,(H,14,15,16). The Morgan fingerprint density at radius 1 is 1.56 bits per heavy atom. The Morgan fingerprint density at radius 2 is 2.50 bits per heavy atom. The monoisotopic (exact) mass is 248 g/mol. The second-order valence-corrected chi connectivity index (χ2v) is 5.17. The van der Waals surface area contributed by atoms with Crippen molar-refractivity contribution in [3.8, 4) is 0 Å². The molecule has 0 aromatic carbocycles. The van der Waals surface area contributed by atoms with Crippen LogP contribution in [0.15, 0.2) is 6.20 Å². The number of anilines is 1. The average Bonchev–Trinajstić information content (AvgIpc) is 2.89. The summed E-state index contributed by atoms with van der Waals surface area (Å²) in [6.45, 7) is 3.75. The number of hydrogen-bond acceptors (Lipinski definition) is 5. The van der Waals surface area contributed by atoms with E-state index < -0.39 is 0 Å². The third kappa shape index (κ3) is 2.62. The average molecular weight is 248 g/mol. The fourth-order valence-electron chi connectivity index (χ4n) is 2.55. The van der Waals surface area contributed by atoms with Crippen molar-refractivity contribution in [2.24, 2.45) is 0 Å². The molecule has 1 atom stereocenters. The number of nitrogens with zero attached hydrogens (tertiary/aromatic N) is 3. The summed E-state index contributed by atoms with van der Waals surface area (Å²) in [6.07, 6.45) is 5.61. The minimum absolute atomic E-state index is 0.329. The van der Waals surface area contributed by atoms with E-state index in [1.54, 1.807) is 0 Å². The molecule has 0 spiro atoms. The summed E-state index contributed by atoms with van der Waals surface area (Å²) in [7, 11) is 2.13. The second-order valence-electron chi connectivity index (χ2n) is 5.17. The highest BCUT2D eigenvalue weighted by atomic mass is 16.5. The zero-order valence-electron chi connectivity index (χ0n) is 10.9. The van der Waals surface area contributed by atoms with Gasteiger partial charge in [-0.3, -0.25) is 0 Å². The minimum atomic E-state index is 0.329. The number of aromatic nitrogens is 2. The fourth-order valence-corrected chi connectivity index (χ4v) is 2.55. The van der Waals surface area contributed by atoms with E-state index in [-0.39, 0.29) is 0 Å². The molecule has 1 aromatic rings. The summed E-state index contributed by atoms with van der Waals surface area (Å²) in [4.78, 5) is 11.3. The van der Waals surface area contributed by atoms with Crippen LogP contribution in [0, 0.1) is 0 Å². The highest BCUT2D eigenvalue weighted by Gasteiger charge is 2.17. The highest BCUT2D eigenvalue weighted by Crippen LogP contribution is 2.17. The number of hydrogen-bond donors (Lipinski definition) is 1. The van der Waals surface area contributed by atoms with Gasteiger partial charge in [-0.15, -0.1) is 0 Å². The van der Waals surface area contributed by atoms with E-state index in [1.807, 2.05) is 6.20 Å². The van der Waals surface area contributed by atoms with Gasteiger partial charge in [-0.2, -0.15) is 0 Å². The molecule has 0 saturated carbocycles.